The fourth-order valence-electron chi connectivity index (χ4n) is 3.41. The number of hydrogen-bond acceptors (Lipinski definition) is 3. The number of amides is 2. The summed E-state index contributed by atoms with van der Waals surface area (Å²) in [4.78, 5) is 28.8. The number of carbonyl (C=O) groups is 2. The van der Waals surface area contributed by atoms with Gasteiger partial charge in [0.2, 0.25) is 5.91 Å². The van der Waals surface area contributed by atoms with Crippen molar-refractivity contribution in [1.82, 2.24) is 15.1 Å². The molecule has 0 radical (unpaired) electrons. The summed E-state index contributed by atoms with van der Waals surface area (Å²) in [7, 11) is 0. The SMILES string of the molecule is CC1CCNC(C(=O)N2CCN(C(=O)c3ccccc3)CC2)C1. The summed E-state index contributed by atoms with van der Waals surface area (Å²) in [6, 6.07) is 9.30. The average molecular weight is 315 g/mol. The van der Waals surface area contributed by atoms with Crippen LogP contribution < -0.4 is 5.32 Å². The molecular formula is C18H25N3O2. The minimum Gasteiger partial charge on any atom is -0.338 e. The van der Waals surface area contributed by atoms with Gasteiger partial charge in [0.25, 0.3) is 5.91 Å². The molecule has 1 aromatic carbocycles. The summed E-state index contributed by atoms with van der Waals surface area (Å²) < 4.78 is 0. The molecule has 0 bridgehead atoms. The van der Waals surface area contributed by atoms with Gasteiger partial charge < -0.3 is 15.1 Å². The topological polar surface area (TPSA) is 52.7 Å². The molecule has 2 aliphatic heterocycles. The quantitative estimate of drug-likeness (QED) is 0.896. The van der Waals surface area contributed by atoms with Crippen molar-refractivity contribution in [1.29, 1.82) is 0 Å². The Balaban J connectivity index is 1.54. The van der Waals surface area contributed by atoms with Crippen LogP contribution in [0.5, 0.6) is 0 Å². The molecule has 2 atom stereocenters. The zero-order chi connectivity index (χ0) is 16.2. The summed E-state index contributed by atoms with van der Waals surface area (Å²) in [6.07, 6.45) is 2.06. The third kappa shape index (κ3) is 3.72. The summed E-state index contributed by atoms with van der Waals surface area (Å²) in [5.74, 6) is 0.858. The van der Waals surface area contributed by atoms with E-state index in [1.54, 1.807) is 0 Å². The van der Waals surface area contributed by atoms with Gasteiger partial charge in [-0.05, 0) is 37.4 Å². The third-order valence-corrected chi connectivity index (χ3v) is 4.86. The fourth-order valence-corrected chi connectivity index (χ4v) is 3.41. The molecule has 1 N–H and O–H groups in total. The molecule has 2 amide bonds. The van der Waals surface area contributed by atoms with Crippen LogP contribution in [-0.4, -0.2) is 60.4 Å². The lowest BCUT2D eigenvalue weighted by molar-refractivity contribution is -0.135. The molecule has 0 spiro atoms. The van der Waals surface area contributed by atoms with Gasteiger partial charge in [-0.25, -0.2) is 0 Å². The first-order valence-corrected chi connectivity index (χ1v) is 8.51. The van der Waals surface area contributed by atoms with Crippen LogP contribution in [0.15, 0.2) is 30.3 Å². The van der Waals surface area contributed by atoms with Crippen LogP contribution in [-0.2, 0) is 4.79 Å². The van der Waals surface area contributed by atoms with Gasteiger partial charge in [-0.2, -0.15) is 0 Å². The number of nitrogens with zero attached hydrogens (tertiary/aromatic N) is 2. The predicted molar refractivity (Wildman–Crippen MR) is 89.1 cm³/mol. The van der Waals surface area contributed by atoms with Crippen LogP contribution in [0.1, 0.15) is 30.1 Å². The van der Waals surface area contributed by atoms with Crippen molar-refractivity contribution in [3.8, 4) is 0 Å². The van der Waals surface area contributed by atoms with E-state index in [2.05, 4.69) is 12.2 Å². The Kier molecular flexibility index (Phi) is 4.96. The number of hydrogen-bond donors (Lipinski definition) is 1. The van der Waals surface area contributed by atoms with Crippen molar-refractivity contribution >= 4 is 11.8 Å². The molecule has 2 saturated heterocycles. The van der Waals surface area contributed by atoms with E-state index in [4.69, 9.17) is 0 Å². The molecule has 2 heterocycles. The minimum atomic E-state index is -0.0462. The van der Waals surface area contributed by atoms with Crippen molar-refractivity contribution in [3.63, 3.8) is 0 Å². The summed E-state index contributed by atoms with van der Waals surface area (Å²) in [5.41, 5.74) is 0.718. The third-order valence-electron chi connectivity index (χ3n) is 4.86. The van der Waals surface area contributed by atoms with Gasteiger partial charge in [-0.15, -0.1) is 0 Å². The second-order valence-electron chi connectivity index (χ2n) is 6.62. The molecule has 2 aliphatic rings. The molecule has 5 heteroatoms. The van der Waals surface area contributed by atoms with Gasteiger partial charge in [-0.1, -0.05) is 25.1 Å². The molecule has 124 valence electrons. The van der Waals surface area contributed by atoms with E-state index < -0.39 is 0 Å². The molecule has 0 aliphatic carbocycles. The summed E-state index contributed by atoms with van der Waals surface area (Å²) in [5, 5.41) is 3.33. The lowest BCUT2D eigenvalue weighted by atomic mass is 9.93. The van der Waals surface area contributed by atoms with E-state index in [9.17, 15) is 9.59 Å². The Hall–Kier alpha value is -1.88. The standard InChI is InChI=1S/C18H25N3O2/c1-14-7-8-19-16(13-14)18(23)21-11-9-20(10-12-21)17(22)15-5-3-2-4-6-15/h2-6,14,16,19H,7-13H2,1H3. The van der Waals surface area contributed by atoms with E-state index in [-0.39, 0.29) is 17.9 Å². The largest absolute Gasteiger partial charge is 0.338 e. The van der Waals surface area contributed by atoms with Crippen molar-refractivity contribution in [2.75, 3.05) is 32.7 Å². The molecule has 23 heavy (non-hydrogen) atoms. The lowest BCUT2D eigenvalue weighted by Crippen LogP contribution is -2.56. The second-order valence-corrected chi connectivity index (χ2v) is 6.62. The van der Waals surface area contributed by atoms with Crippen LogP contribution in [0.3, 0.4) is 0 Å². The predicted octanol–water partition coefficient (Wildman–Crippen LogP) is 1.36. The van der Waals surface area contributed by atoms with Gasteiger partial charge >= 0.3 is 0 Å². The van der Waals surface area contributed by atoms with E-state index in [1.165, 1.54) is 0 Å². The maximum Gasteiger partial charge on any atom is 0.253 e. The van der Waals surface area contributed by atoms with E-state index in [0.717, 1.165) is 24.9 Å². The highest BCUT2D eigenvalue weighted by molar-refractivity contribution is 5.94. The Bertz CT molecular complexity index is 553. The molecule has 0 aromatic heterocycles. The van der Waals surface area contributed by atoms with Crippen LogP contribution in [0, 0.1) is 5.92 Å². The van der Waals surface area contributed by atoms with Crippen LogP contribution in [0.4, 0.5) is 0 Å². The molecular weight excluding hydrogens is 290 g/mol. The highest BCUT2D eigenvalue weighted by Gasteiger charge is 2.31. The second kappa shape index (κ2) is 7.13. The van der Waals surface area contributed by atoms with Crippen molar-refractivity contribution in [2.24, 2.45) is 5.92 Å². The van der Waals surface area contributed by atoms with Crippen molar-refractivity contribution < 1.29 is 9.59 Å². The summed E-state index contributed by atoms with van der Waals surface area (Å²) >= 11 is 0. The maximum absolute atomic E-state index is 12.6. The number of benzene rings is 1. The summed E-state index contributed by atoms with van der Waals surface area (Å²) in [6.45, 7) is 5.61. The van der Waals surface area contributed by atoms with E-state index in [1.807, 2.05) is 40.1 Å². The highest BCUT2D eigenvalue weighted by atomic mass is 16.2. The molecule has 1 aromatic rings. The number of rotatable bonds is 2. The Morgan fingerprint density at radius 2 is 1.70 bits per heavy atom. The lowest BCUT2D eigenvalue weighted by Gasteiger charge is -2.38. The zero-order valence-electron chi connectivity index (χ0n) is 13.7. The van der Waals surface area contributed by atoms with E-state index in [0.29, 0.717) is 32.1 Å². The van der Waals surface area contributed by atoms with Gasteiger partial charge in [0.15, 0.2) is 0 Å². The fraction of sp³-hybridized carbons (Fsp3) is 0.556. The smallest absolute Gasteiger partial charge is 0.253 e. The molecule has 3 rings (SSSR count). The highest BCUT2D eigenvalue weighted by Crippen LogP contribution is 2.18. The number of nitrogens with one attached hydrogen (secondary N) is 1. The van der Waals surface area contributed by atoms with Crippen molar-refractivity contribution in [3.05, 3.63) is 35.9 Å². The Labute approximate surface area is 137 Å². The van der Waals surface area contributed by atoms with Gasteiger partial charge in [0.05, 0.1) is 6.04 Å². The molecule has 2 unspecified atom stereocenters. The molecule has 5 nitrogen and oxygen atoms in total. The number of piperazine rings is 1. The minimum absolute atomic E-state index is 0.0462. The Morgan fingerprint density at radius 1 is 1.04 bits per heavy atom. The van der Waals surface area contributed by atoms with Gasteiger partial charge in [0, 0.05) is 31.7 Å². The zero-order valence-corrected chi connectivity index (χ0v) is 13.7. The average Bonchev–Trinajstić information content (AvgIpc) is 2.61. The Morgan fingerprint density at radius 3 is 2.35 bits per heavy atom. The van der Waals surface area contributed by atoms with Crippen LogP contribution in [0.2, 0.25) is 0 Å². The first kappa shape index (κ1) is 16.0. The van der Waals surface area contributed by atoms with Gasteiger partial charge in [0.1, 0.15) is 0 Å². The van der Waals surface area contributed by atoms with Crippen LogP contribution >= 0.6 is 0 Å². The van der Waals surface area contributed by atoms with Crippen LogP contribution in [0.25, 0.3) is 0 Å². The normalized spacial score (nSPS) is 25.3. The first-order valence-electron chi connectivity index (χ1n) is 8.51. The van der Waals surface area contributed by atoms with E-state index >= 15 is 0 Å². The number of carbonyl (C=O) groups excluding carboxylic acids is 2. The van der Waals surface area contributed by atoms with Crippen molar-refractivity contribution in [2.45, 2.75) is 25.8 Å². The maximum atomic E-state index is 12.6. The molecule has 0 saturated carbocycles. The molecule has 2 fully saturated rings. The number of piperidine rings is 1. The monoisotopic (exact) mass is 315 g/mol. The first-order chi connectivity index (χ1) is 11.1. The van der Waals surface area contributed by atoms with Gasteiger partial charge in [-0.3, -0.25) is 9.59 Å².